The average Bonchev–Trinajstić information content (AvgIpc) is 2.74. The second-order valence-electron chi connectivity index (χ2n) is 6.75. The van der Waals surface area contributed by atoms with Crippen LogP contribution in [0.4, 0.5) is 0 Å². The van der Waals surface area contributed by atoms with Crippen LogP contribution in [0.2, 0.25) is 0 Å². The van der Waals surface area contributed by atoms with Crippen molar-refractivity contribution in [2.75, 3.05) is 6.54 Å². The van der Waals surface area contributed by atoms with Gasteiger partial charge in [-0.2, -0.15) is 0 Å². The summed E-state index contributed by atoms with van der Waals surface area (Å²) >= 11 is 0. The minimum Gasteiger partial charge on any atom is -0.389 e. The third-order valence-electron chi connectivity index (χ3n) is 4.61. The summed E-state index contributed by atoms with van der Waals surface area (Å²) in [6.07, 6.45) is 9.61. The van der Waals surface area contributed by atoms with Crippen molar-refractivity contribution in [1.82, 2.24) is 5.32 Å². The van der Waals surface area contributed by atoms with Gasteiger partial charge in [-0.3, -0.25) is 0 Å². The van der Waals surface area contributed by atoms with Gasteiger partial charge in [0, 0.05) is 12.6 Å². The summed E-state index contributed by atoms with van der Waals surface area (Å²) in [4.78, 5) is 0. The molecule has 0 aromatic carbocycles. The molecule has 2 aliphatic carbocycles. The molecule has 2 saturated carbocycles. The maximum atomic E-state index is 10.5. The van der Waals surface area contributed by atoms with Gasteiger partial charge in [0.25, 0.3) is 0 Å². The molecule has 0 radical (unpaired) electrons. The van der Waals surface area contributed by atoms with Crippen LogP contribution in [-0.2, 0) is 0 Å². The van der Waals surface area contributed by atoms with E-state index in [1.165, 1.54) is 25.7 Å². The summed E-state index contributed by atoms with van der Waals surface area (Å²) in [7, 11) is 0. The Labute approximate surface area is 99.8 Å². The second kappa shape index (κ2) is 4.66. The lowest BCUT2D eigenvalue weighted by Crippen LogP contribution is -2.47. The van der Waals surface area contributed by atoms with E-state index in [0.29, 0.717) is 11.5 Å². The Kier molecular flexibility index (Phi) is 3.60. The van der Waals surface area contributed by atoms with Gasteiger partial charge in [0.1, 0.15) is 0 Å². The van der Waals surface area contributed by atoms with Crippen LogP contribution >= 0.6 is 0 Å². The molecule has 0 aliphatic heterocycles. The van der Waals surface area contributed by atoms with E-state index in [1.807, 2.05) is 0 Å². The van der Waals surface area contributed by atoms with Crippen LogP contribution in [0.1, 0.15) is 65.2 Å². The van der Waals surface area contributed by atoms with Crippen molar-refractivity contribution in [2.45, 2.75) is 76.9 Å². The molecular formula is C14H27NO. The first-order valence-electron chi connectivity index (χ1n) is 6.95. The Balaban J connectivity index is 1.75. The smallest absolute Gasteiger partial charge is 0.0772 e. The molecule has 0 bridgehead atoms. The highest BCUT2D eigenvalue weighted by molar-refractivity contribution is 4.91. The molecule has 94 valence electrons. The first kappa shape index (κ1) is 12.4. The largest absolute Gasteiger partial charge is 0.389 e. The zero-order valence-electron chi connectivity index (χ0n) is 10.9. The molecule has 0 aromatic rings. The zero-order valence-corrected chi connectivity index (χ0v) is 10.9. The van der Waals surface area contributed by atoms with Gasteiger partial charge in [-0.15, -0.1) is 0 Å². The average molecular weight is 225 g/mol. The van der Waals surface area contributed by atoms with Crippen LogP contribution in [0.15, 0.2) is 0 Å². The zero-order chi connectivity index (χ0) is 11.6. The van der Waals surface area contributed by atoms with E-state index in [1.54, 1.807) is 0 Å². The van der Waals surface area contributed by atoms with Crippen molar-refractivity contribution < 1.29 is 5.11 Å². The molecule has 0 heterocycles. The maximum Gasteiger partial charge on any atom is 0.0772 e. The molecule has 2 fully saturated rings. The molecule has 0 unspecified atom stereocenters. The molecule has 2 rings (SSSR count). The fourth-order valence-corrected chi connectivity index (χ4v) is 3.03. The van der Waals surface area contributed by atoms with E-state index in [4.69, 9.17) is 0 Å². The van der Waals surface area contributed by atoms with E-state index >= 15 is 0 Å². The van der Waals surface area contributed by atoms with Crippen molar-refractivity contribution in [1.29, 1.82) is 0 Å². The van der Waals surface area contributed by atoms with Crippen molar-refractivity contribution in [3.8, 4) is 0 Å². The molecule has 0 amide bonds. The fourth-order valence-electron chi connectivity index (χ4n) is 3.03. The van der Waals surface area contributed by atoms with E-state index in [9.17, 15) is 5.11 Å². The third kappa shape index (κ3) is 3.21. The molecule has 0 atom stereocenters. The lowest BCUT2D eigenvalue weighted by atomic mass is 9.71. The number of hydrogen-bond acceptors (Lipinski definition) is 2. The molecule has 16 heavy (non-hydrogen) atoms. The minimum absolute atomic E-state index is 0.419. The van der Waals surface area contributed by atoms with Gasteiger partial charge in [0.2, 0.25) is 0 Å². The minimum atomic E-state index is -0.419. The molecule has 2 N–H and O–H groups in total. The van der Waals surface area contributed by atoms with Gasteiger partial charge in [0.15, 0.2) is 0 Å². The van der Waals surface area contributed by atoms with E-state index in [-0.39, 0.29) is 0 Å². The number of aliphatic hydroxyl groups is 1. The molecule has 2 nitrogen and oxygen atoms in total. The number of hydrogen-bond donors (Lipinski definition) is 2. The predicted octanol–water partition coefficient (Wildman–Crippen LogP) is 2.85. The number of nitrogens with one attached hydrogen (secondary N) is 1. The maximum absolute atomic E-state index is 10.5. The highest BCUT2D eigenvalue weighted by Crippen LogP contribution is 2.40. The van der Waals surface area contributed by atoms with Crippen molar-refractivity contribution in [3.63, 3.8) is 0 Å². The van der Waals surface area contributed by atoms with E-state index in [2.05, 4.69) is 19.2 Å². The van der Waals surface area contributed by atoms with Gasteiger partial charge in [-0.25, -0.2) is 0 Å². The van der Waals surface area contributed by atoms with Gasteiger partial charge < -0.3 is 10.4 Å². The fraction of sp³-hybridized carbons (Fsp3) is 1.00. The first-order chi connectivity index (χ1) is 7.49. The van der Waals surface area contributed by atoms with Crippen molar-refractivity contribution in [3.05, 3.63) is 0 Å². The summed E-state index contributed by atoms with van der Waals surface area (Å²) in [6.45, 7) is 5.45. The highest BCUT2D eigenvalue weighted by atomic mass is 16.3. The van der Waals surface area contributed by atoms with Gasteiger partial charge >= 0.3 is 0 Å². The second-order valence-corrected chi connectivity index (χ2v) is 6.75. The summed E-state index contributed by atoms with van der Waals surface area (Å²) in [5.41, 5.74) is 0.0255. The highest BCUT2D eigenvalue weighted by Gasteiger charge is 2.36. The first-order valence-corrected chi connectivity index (χ1v) is 6.95. The Hall–Kier alpha value is -0.0800. The Morgan fingerprint density at radius 2 is 1.62 bits per heavy atom. The van der Waals surface area contributed by atoms with Crippen molar-refractivity contribution in [2.24, 2.45) is 5.41 Å². The molecule has 2 aliphatic rings. The van der Waals surface area contributed by atoms with E-state index < -0.39 is 5.60 Å². The quantitative estimate of drug-likeness (QED) is 0.774. The van der Waals surface area contributed by atoms with Gasteiger partial charge in [0.05, 0.1) is 5.60 Å². The Morgan fingerprint density at radius 3 is 2.19 bits per heavy atom. The normalized spacial score (nSPS) is 29.4. The molecule has 2 heteroatoms. The lowest BCUT2D eigenvalue weighted by Gasteiger charge is -2.40. The van der Waals surface area contributed by atoms with Gasteiger partial charge in [-0.05, 0) is 43.9 Å². The molecule has 0 aromatic heterocycles. The predicted molar refractivity (Wildman–Crippen MR) is 67.5 cm³/mol. The standard InChI is InChI=1S/C14H27NO/c1-13(2)7-9-14(16,10-8-13)11-15-12-5-3-4-6-12/h12,15-16H,3-11H2,1-2H3. The summed E-state index contributed by atoms with van der Waals surface area (Å²) in [5.74, 6) is 0. The van der Waals surface area contributed by atoms with Crippen LogP contribution in [0.5, 0.6) is 0 Å². The molecule has 0 spiro atoms. The topological polar surface area (TPSA) is 32.3 Å². The summed E-state index contributed by atoms with van der Waals surface area (Å²) < 4.78 is 0. The van der Waals surface area contributed by atoms with Gasteiger partial charge in [-0.1, -0.05) is 26.7 Å². The summed E-state index contributed by atoms with van der Waals surface area (Å²) in [6, 6.07) is 0.680. The van der Waals surface area contributed by atoms with Crippen molar-refractivity contribution >= 4 is 0 Å². The van der Waals surface area contributed by atoms with Crippen LogP contribution in [0, 0.1) is 5.41 Å². The molecule has 0 saturated heterocycles. The summed E-state index contributed by atoms with van der Waals surface area (Å²) in [5, 5.41) is 14.1. The Morgan fingerprint density at radius 1 is 1.06 bits per heavy atom. The lowest BCUT2D eigenvalue weighted by molar-refractivity contribution is -0.0259. The van der Waals surface area contributed by atoms with Crippen LogP contribution in [0.3, 0.4) is 0 Å². The Bertz CT molecular complexity index is 221. The van der Waals surface area contributed by atoms with E-state index in [0.717, 1.165) is 32.2 Å². The number of rotatable bonds is 3. The third-order valence-corrected chi connectivity index (χ3v) is 4.61. The SMILES string of the molecule is CC1(C)CCC(O)(CNC2CCCC2)CC1. The van der Waals surface area contributed by atoms with Crippen LogP contribution in [-0.4, -0.2) is 23.3 Å². The molecular weight excluding hydrogens is 198 g/mol. The van der Waals surface area contributed by atoms with Crippen LogP contribution < -0.4 is 5.32 Å². The van der Waals surface area contributed by atoms with Crippen LogP contribution in [0.25, 0.3) is 0 Å². The monoisotopic (exact) mass is 225 g/mol.